The van der Waals surface area contributed by atoms with Crippen molar-refractivity contribution >= 4 is 49.4 Å². The molecule has 6 nitrogen and oxygen atoms in total. The predicted octanol–water partition coefficient (Wildman–Crippen LogP) is 3.15. The van der Waals surface area contributed by atoms with Crippen LogP contribution in [-0.4, -0.2) is 22.1 Å². The molecule has 8 heteroatoms. The van der Waals surface area contributed by atoms with Crippen molar-refractivity contribution in [2.75, 3.05) is 5.32 Å². The molecule has 0 spiro atoms. The number of carbonyl (C=O) groups is 2. The molecule has 2 N–H and O–H groups in total. The molecule has 2 rings (SSSR count). The maximum Gasteiger partial charge on any atom is 0.374 e. The average Bonchev–Trinajstić information content (AvgIpc) is 2.83. The lowest BCUT2D eigenvalue weighted by Gasteiger charge is -2.05. The first-order chi connectivity index (χ1) is 8.97. The molecule has 1 aromatic heterocycles. The number of halogens is 2. The molecule has 0 aliphatic heterocycles. The van der Waals surface area contributed by atoms with Crippen molar-refractivity contribution in [2.45, 2.75) is 0 Å². The molecular formula is C11H6Br2N2O4. The fourth-order valence-corrected chi connectivity index (χ4v) is 1.97. The zero-order valence-corrected chi connectivity index (χ0v) is 12.4. The Bertz CT molecular complexity index is 654. The van der Waals surface area contributed by atoms with E-state index < -0.39 is 17.6 Å². The first-order valence-corrected chi connectivity index (χ1v) is 6.52. The zero-order valence-electron chi connectivity index (χ0n) is 9.18. The molecule has 0 fully saturated rings. The first-order valence-electron chi connectivity index (χ1n) is 4.94. The standard InChI is InChI=1S/C11H6Br2N2O4/c12-5-1-2-6(13)7(3-5)14-10(16)8-4-9(11(17)18)19-15-8/h1-4H,(H,14,16)(H,17,18). The number of amides is 1. The fraction of sp³-hybridized carbons (Fsp3) is 0. The Morgan fingerprint density at radius 3 is 2.63 bits per heavy atom. The van der Waals surface area contributed by atoms with E-state index >= 15 is 0 Å². The maximum absolute atomic E-state index is 11.9. The number of carboxylic acids is 1. The Hall–Kier alpha value is -1.67. The highest BCUT2D eigenvalue weighted by Gasteiger charge is 2.17. The second kappa shape index (κ2) is 5.54. The summed E-state index contributed by atoms with van der Waals surface area (Å²) in [6.07, 6.45) is 0. The molecule has 0 saturated carbocycles. The van der Waals surface area contributed by atoms with Gasteiger partial charge in [-0.05, 0) is 34.1 Å². The molecule has 1 heterocycles. The molecule has 0 aliphatic rings. The highest BCUT2D eigenvalue weighted by molar-refractivity contribution is 9.11. The number of nitrogens with zero attached hydrogens (tertiary/aromatic N) is 1. The first kappa shape index (κ1) is 13.8. The molecule has 1 amide bonds. The normalized spacial score (nSPS) is 10.2. The van der Waals surface area contributed by atoms with Gasteiger partial charge in [0.1, 0.15) is 0 Å². The number of carbonyl (C=O) groups excluding carboxylic acids is 1. The molecule has 0 bridgehead atoms. The smallest absolute Gasteiger partial charge is 0.374 e. The maximum atomic E-state index is 11.9. The van der Waals surface area contributed by atoms with Crippen molar-refractivity contribution < 1.29 is 19.2 Å². The van der Waals surface area contributed by atoms with Crippen LogP contribution >= 0.6 is 31.9 Å². The van der Waals surface area contributed by atoms with E-state index in [1.54, 1.807) is 18.2 Å². The summed E-state index contributed by atoms with van der Waals surface area (Å²) in [7, 11) is 0. The number of nitrogens with one attached hydrogen (secondary N) is 1. The van der Waals surface area contributed by atoms with Crippen molar-refractivity contribution in [2.24, 2.45) is 0 Å². The highest BCUT2D eigenvalue weighted by atomic mass is 79.9. The minimum Gasteiger partial charge on any atom is -0.475 e. The van der Waals surface area contributed by atoms with Crippen LogP contribution in [0.2, 0.25) is 0 Å². The highest BCUT2D eigenvalue weighted by Crippen LogP contribution is 2.26. The van der Waals surface area contributed by atoms with E-state index in [0.717, 1.165) is 10.5 Å². The lowest BCUT2D eigenvalue weighted by atomic mass is 10.3. The van der Waals surface area contributed by atoms with Gasteiger partial charge in [0.2, 0.25) is 5.76 Å². The third-order valence-corrected chi connectivity index (χ3v) is 3.31. The van der Waals surface area contributed by atoms with E-state index in [1.807, 2.05) is 0 Å². The van der Waals surface area contributed by atoms with Gasteiger partial charge in [-0.25, -0.2) is 4.79 Å². The SMILES string of the molecule is O=C(Nc1cc(Br)ccc1Br)c1cc(C(=O)O)on1. The van der Waals surface area contributed by atoms with E-state index in [4.69, 9.17) is 5.11 Å². The number of benzene rings is 1. The van der Waals surface area contributed by atoms with Crippen molar-refractivity contribution in [3.05, 3.63) is 44.7 Å². The molecule has 1 aromatic carbocycles. The van der Waals surface area contributed by atoms with Gasteiger partial charge in [0.25, 0.3) is 5.91 Å². The van der Waals surface area contributed by atoms with Crippen LogP contribution in [0.5, 0.6) is 0 Å². The van der Waals surface area contributed by atoms with Gasteiger partial charge < -0.3 is 14.9 Å². The lowest BCUT2D eigenvalue weighted by molar-refractivity contribution is 0.0651. The van der Waals surface area contributed by atoms with Crippen LogP contribution in [0.3, 0.4) is 0 Å². The van der Waals surface area contributed by atoms with E-state index in [9.17, 15) is 9.59 Å². The van der Waals surface area contributed by atoms with Gasteiger partial charge in [0.05, 0.1) is 5.69 Å². The molecule has 0 aliphatic carbocycles. The Labute approximate surface area is 124 Å². The van der Waals surface area contributed by atoms with Crippen LogP contribution in [0, 0.1) is 0 Å². The van der Waals surface area contributed by atoms with Gasteiger partial charge in [-0.3, -0.25) is 4.79 Å². The van der Waals surface area contributed by atoms with Crippen molar-refractivity contribution in [3.63, 3.8) is 0 Å². The van der Waals surface area contributed by atoms with E-state index in [1.165, 1.54) is 0 Å². The number of aromatic nitrogens is 1. The molecular weight excluding hydrogens is 384 g/mol. The Morgan fingerprint density at radius 1 is 1.26 bits per heavy atom. The number of hydrogen-bond acceptors (Lipinski definition) is 4. The molecule has 98 valence electrons. The lowest BCUT2D eigenvalue weighted by Crippen LogP contribution is -2.12. The Balaban J connectivity index is 2.20. The topological polar surface area (TPSA) is 92.4 Å². The molecule has 0 unspecified atom stereocenters. The van der Waals surface area contributed by atoms with E-state index in [0.29, 0.717) is 10.2 Å². The minimum atomic E-state index is -1.28. The summed E-state index contributed by atoms with van der Waals surface area (Å²) in [6.45, 7) is 0. The minimum absolute atomic E-state index is 0.107. The molecule has 0 saturated heterocycles. The summed E-state index contributed by atoms with van der Waals surface area (Å²) >= 11 is 6.57. The monoisotopic (exact) mass is 388 g/mol. The third kappa shape index (κ3) is 3.21. The van der Waals surface area contributed by atoms with Gasteiger partial charge in [-0.2, -0.15) is 0 Å². The zero-order chi connectivity index (χ0) is 14.0. The molecule has 0 radical (unpaired) electrons. The summed E-state index contributed by atoms with van der Waals surface area (Å²) in [5.41, 5.74) is 0.420. The summed E-state index contributed by atoms with van der Waals surface area (Å²) in [5, 5.41) is 14.7. The van der Waals surface area contributed by atoms with Crippen LogP contribution in [0.4, 0.5) is 5.69 Å². The van der Waals surface area contributed by atoms with Crippen LogP contribution in [-0.2, 0) is 0 Å². The summed E-state index contributed by atoms with van der Waals surface area (Å²) in [6, 6.07) is 6.31. The van der Waals surface area contributed by atoms with E-state index in [-0.39, 0.29) is 5.69 Å². The van der Waals surface area contributed by atoms with Crippen LogP contribution in [0.1, 0.15) is 21.0 Å². The second-order valence-electron chi connectivity index (χ2n) is 3.46. The van der Waals surface area contributed by atoms with E-state index in [2.05, 4.69) is 46.9 Å². The van der Waals surface area contributed by atoms with Crippen LogP contribution in [0.15, 0.2) is 37.7 Å². The van der Waals surface area contributed by atoms with Crippen LogP contribution in [0.25, 0.3) is 0 Å². The van der Waals surface area contributed by atoms with Crippen molar-refractivity contribution in [3.8, 4) is 0 Å². The van der Waals surface area contributed by atoms with Crippen molar-refractivity contribution in [1.29, 1.82) is 0 Å². The van der Waals surface area contributed by atoms with Crippen molar-refractivity contribution in [1.82, 2.24) is 5.16 Å². The number of rotatable bonds is 3. The van der Waals surface area contributed by atoms with Gasteiger partial charge >= 0.3 is 5.97 Å². The van der Waals surface area contributed by atoms with Gasteiger partial charge in [0, 0.05) is 15.0 Å². The molecule has 2 aromatic rings. The number of carboxylic acid groups (broad SMARTS) is 1. The second-order valence-corrected chi connectivity index (χ2v) is 5.23. The number of anilines is 1. The van der Waals surface area contributed by atoms with Gasteiger partial charge in [-0.1, -0.05) is 21.1 Å². The number of aromatic carboxylic acids is 1. The Kier molecular flexibility index (Phi) is 4.01. The van der Waals surface area contributed by atoms with Gasteiger partial charge in [-0.15, -0.1) is 0 Å². The molecule has 19 heavy (non-hydrogen) atoms. The van der Waals surface area contributed by atoms with Crippen LogP contribution < -0.4 is 5.32 Å². The Morgan fingerprint density at radius 2 is 2.00 bits per heavy atom. The number of hydrogen-bond donors (Lipinski definition) is 2. The third-order valence-electron chi connectivity index (χ3n) is 2.13. The summed E-state index contributed by atoms with van der Waals surface area (Å²) < 4.78 is 5.98. The quantitative estimate of drug-likeness (QED) is 0.841. The largest absolute Gasteiger partial charge is 0.475 e. The molecule has 0 atom stereocenters. The summed E-state index contributed by atoms with van der Waals surface area (Å²) in [4.78, 5) is 22.5. The fourth-order valence-electron chi connectivity index (χ4n) is 1.26. The summed E-state index contributed by atoms with van der Waals surface area (Å²) in [5.74, 6) is -2.23. The predicted molar refractivity (Wildman–Crippen MR) is 73.3 cm³/mol. The average molecular weight is 390 g/mol. The van der Waals surface area contributed by atoms with Gasteiger partial charge in [0.15, 0.2) is 5.69 Å².